The molecule has 1 N–H and O–H groups in total. The van der Waals surface area contributed by atoms with Gasteiger partial charge in [-0.1, -0.05) is 12.1 Å². The number of piperazine rings is 1. The molecule has 0 saturated carbocycles. The molecule has 156 valence electrons. The quantitative estimate of drug-likeness (QED) is 0.766. The number of benzene rings is 2. The van der Waals surface area contributed by atoms with Gasteiger partial charge >= 0.3 is 0 Å². The minimum atomic E-state index is -1.48. The van der Waals surface area contributed by atoms with Gasteiger partial charge in [0.1, 0.15) is 0 Å². The number of amides is 1. The highest BCUT2D eigenvalue weighted by molar-refractivity contribution is 5.95. The Morgan fingerprint density at radius 3 is 2.17 bits per heavy atom. The topological polar surface area (TPSA) is 35.6 Å². The van der Waals surface area contributed by atoms with Gasteiger partial charge in [-0.25, -0.2) is 13.2 Å². The summed E-state index contributed by atoms with van der Waals surface area (Å²) in [5.74, 6) is -3.98. The average Bonchev–Trinajstić information content (AvgIpc) is 3.22. The highest BCUT2D eigenvalue weighted by Crippen LogP contribution is 2.25. The van der Waals surface area contributed by atoms with Crippen molar-refractivity contribution in [3.8, 4) is 11.1 Å². The maximum Gasteiger partial charge on any atom is 0.253 e. The molecule has 0 aromatic heterocycles. The molecule has 2 aromatic carbocycles. The summed E-state index contributed by atoms with van der Waals surface area (Å²) in [6, 6.07) is 8.85. The fraction of sp³-hybridized carbons (Fsp3) is 0.381. The zero-order chi connectivity index (χ0) is 19.7. The number of hydrogen-bond acceptors (Lipinski definition) is 3. The molecule has 1 unspecified atom stereocenters. The molecule has 2 aliphatic rings. The first-order valence-corrected chi connectivity index (χ1v) is 9.52. The predicted molar refractivity (Wildman–Crippen MR) is 108 cm³/mol. The Hall–Kier alpha value is -2.09. The maximum absolute atomic E-state index is 13.4. The second-order valence-electron chi connectivity index (χ2n) is 7.31. The highest BCUT2D eigenvalue weighted by Gasteiger charge is 2.31. The molecule has 1 amide bonds. The third-order valence-electron chi connectivity index (χ3n) is 5.57. The summed E-state index contributed by atoms with van der Waals surface area (Å²) in [5, 5.41) is 3.34. The predicted octanol–water partition coefficient (Wildman–Crippen LogP) is 3.31. The van der Waals surface area contributed by atoms with E-state index >= 15 is 0 Å². The Balaban J connectivity index is 0.00000240. The minimum Gasteiger partial charge on any atom is -0.337 e. The van der Waals surface area contributed by atoms with Crippen molar-refractivity contribution in [2.75, 3.05) is 39.3 Å². The van der Waals surface area contributed by atoms with Gasteiger partial charge in [-0.3, -0.25) is 9.69 Å². The van der Waals surface area contributed by atoms with Crippen LogP contribution in [0.2, 0.25) is 0 Å². The van der Waals surface area contributed by atoms with Crippen molar-refractivity contribution < 1.29 is 18.0 Å². The Morgan fingerprint density at radius 1 is 0.931 bits per heavy atom. The fourth-order valence-corrected chi connectivity index (χ4v) is 3.98. The lowest BCUT2D eigenvalue weighted by Crippen LogP contribution is -2.49. The molecule has 2 saturated heterocycles. The van der Waals surface area contributed by atoms with Gasteiger partial charge in [0, 0.05) is 50.9 Å². The van der Waals surface area contributed by atoms with E-state index in [-0.39, 0.29) is 23.9 Å². The van der Waals surface area contributed by atoms with Crippen LogP contribution >= 0.6 is 12.4 Å². The lowest BCUT2D eigenvalue weighted by Gasteiger charge is -2.32. The molecule has 0 bridgehead atoms. The van der Waals surface area contributed by atoms with Crippen molar-refractivity contribution in [2.24, 2.45) is 0 Å². The van der Waals surface area contributed by atoms with E-state index in [0.717, 1.165) is 57.8 Å². The van der Waals surface area contributed by atoms with Gasteiger partial charge in [0.25, 0.3) is 5.91 Å². The molecule has 8 heteroatoms. The van der Waals surface area contributed by atoms with E-state index < -0.39 is 17.5 Å². The summed E-state index contributed by atoms with van der Waals surface area (Å²) < 4.78 is 40.0. The number of carbonyl (C=O) groups excluding carboxylic acids is 1. The van der Waals surface area contributed by atoms with Gasteiger partial charge in [-0.2, -0.15) is 0 Å². The van der Waals surface area contributed by atoms with E-state index in [1.54, 1.807) is 24.3 Å². The lowest BCUT2D eigenvalue weighted by atomic mass is 10.0. The SMILES string of the molecule is Cl.O=C(c1ccc(-c2cc(F)c(F)c(F)c2)cc1)N1CCC(N2CCNCC2)C1. The van der Waals surface area contributed by atoms with Crippen LogP contribution < -0.4 is 5.32 Å². The van der Waals surface area contributed by atoms with Crippen molar-refractivity contribution in [2.45, 2.75) is 12.5 Å². The van der Waals surface area contributed by atoms with Crippen LogP contribution in [0.4, 0.5) is 13.2 Å². The summed E-state index contributed by atoms with van der Waals surface area (Å²) in [7, 11) is 0. The van der Waals surface area contributed by atoms with Crippen molar-refractivity contribution in [1.82, 2.24) is 15.1 Å². The molecule has 0 aliphatic carbocycles. The number of nitrogens with one attached hydrogen (secondary N) is 1. The first kappa shape index (κ1) is 21.6. The largest absolute Gasteiger partial charge is 0.337 e. The molecule has 4 nitrogen and oxygen atoms in total. The molecule has 29 heavy (non-hydrogen) atoms. The molecule has 2 heterocycles. The molecule has 0 radical (unpaired) electrons. The third-order valence-corrected chi connectivity index (χ3v) is 5.57. The Bertz CT molecular complexity index is 849. The van der Waals surface area contributed by atoms with Gasteiger partial charge in [0.2, 0.25) is 0 Å². The van der Waals surface area contributed by atoms with Crippen molar-refractivity contribution in [3.05, 3.63) is 59.4 Å². The van der Waals surface area contributed by atoms with Crippen LogP contribution in [0.3, 0.4) is 0 Å². The van der Waals surface area contributed by atoms with Gasteiger partial charge in [-0.05, 0) is 41.8 Å². The molecule has 2 aromatic rings. The van der Waals surface area contributed by atoms with E-state index in [9.17, 15) is 18.0 Å². The van der Waals surface area contributed by atoms with Crippen LogP contribution in [-0.4, -0.2) is 61.0 Å². The van der Waals surface area contributed by atoms with Crippen LogP contribution in [0.15, 0.2) is 36.4 Å². The zero-order valence-electron chi connectivity index (χ0n) is 15.8. The number of likely N-dealkylation sites (tertiary alicyclic amines) is 1. The number of carbonyl (C=O) groups is 1. The Labute approximate surface area is 174 Å². The molecule has 4 rings (SSSR count). The fourth-order valence-electron chi connectivity index (χ4n) is 3.98. The van der Waals surface area contributed by atoms with Crippen LogP contribution in [0, 0.1) is 17.5 Å². The summed E-state index contributed by atoms with van der Waals surface area (Å²) in [4.78, 5) is 17.1. The molecular weight excluding hydrogens is 403 g/mol. The second-order valence-corrected chi connectivity index (χ2v) is 7.31. The second kappa shape index (κ2) is 9.15. The number of halogens is 4. The normalized spacial score (nSPS) is 19.8. The first-order valence-electron chi connectivity index (χ1n) is 9.52. The van der Waals surface area contributed by atoms with Crippen LogP contribution in [0.5, 0.6) is 0 Å². The summed E-state index contributed by atoms with van der Waals surface area (Å²) >= 11 is 0. The highest BCUT2D eigenvalue weighted by atomic mass is 35.5. The van der Waals surface area contributed by atoms with E-state index in [0.29, 0.717) is 17.2 Å². The van der Waals surface area contributed by atoms with Crippen LogP contribution in [0.1, 0.15) is 16.8 Å². The minimum absolute atomic E-state index is 0. The van der Waals surface area contributed by atoms with Crippen molar-refractivity contribution in [3.63, 3.8) is 0 Å². The smallest absolute Gasteiger partial charge is 0.253 e. The van der Waals surface area contributed by atoms with E-state index in [2.05, 4.69) is 10.2 Å². The summed E-state index contributed by atoms with van der Waals surface area (Å²) in [6.07, 6.45) is 0.970. The average molecular weight is 426 g/mol. The van der Waals surface area contributed by atoms with E-state index in [1.165, 1.54) is 0 Å². The van der Waals surface area contributed by atoms with Crippen molar-refractivity contribution in [1.29, 1.82) is 0 Å². The monoisotopic (exact) mass is 425 g/mol. The van der Waals surface area contributed by atoms with Gasteiger partial charge in [-0.15, -0.1) is 12.4 Å². The molecule has 2 fully saturated rings. The summed E-state index contributed by atoms with van der Waals surface area (Å²) in [5.41, 5.74) is 1.29. The lowest BCUT2D eigenvalue weighted by molar-refractivity contribution is 0.0773. The van der Waals surface area contributed by atoms with E-state index in [1.807, 2.05) is 4.90 Å². The third kappa shape index (κ3) is 4.57. The van der Waals surface area contributed by atoms with E-state index in [4.69, 9.17) is 0 Å². The Kier molecular flexibility index (Phi) is 6.82. The number of rotatable bonds is 3. The van der Waals surface area contributed by atoms with Crippen molar-refractivity contribution >= 4 is 18.3 Å². The van der Waals surface area contributed by atoms with Gasteiger partial charge in [0.15, 0.2) is 17.5 Å². The molecule has 1 atom stereocenters. The molecule has 0 spiro atoms. The van der Waals surface area contributed by atoms with Crippen LogP contribution in [0.25, 0.3) is 11.1 Å². The summed E-state index contributed by atoms with van der Waals surface area (Å²) in [6.45, 7) is 5.42. The number of nitrogens with zero attached hydrogens (tertiary/aromatic N) is 2. The van der Waals surface area contributed by atoms with Gasteiger partial charge < -0.3 is 10.2 Å². The maximum atomic E-state index is 13.4. The zero-order valence-corrected chi connectivity index (χ0v) is 16.7. The standard InChI is InChI=1S/C21H22F3N3O.ClH/c22-18-11-16(12-19(23)20(18)24)14-1-3-15(4-2-14)21(28)27-8-5-17(13-27)26-9-6-25-7-10-26;/h1-4,11-12,17,25H,5-10,13H2;1H. The Morgan fingerprint density at radius 2 is 1.55 bits per heavy atom. The number of hydrogen-bond donors (Lipinski definition) is 1. The first-order chi connectivity index (χ1) is 13.5. The molecular formula is C21H23ClF3N3O. The van der Waals surface area contributed by atoms with Crippen LogP contribution in [-0.2, 0) is 0 Å². The molecule has 2 aliphatic heterocycles. The van der Waals surface area contributed by atoms with Gasteiger partial charge in [0.05, 0.1) is 0 Å².